The van der Waals surface area contributed by atoms with Crippen LogP contribution in [-0.2, 0) is 3.63 Å². The molecule has 0 aromatic heterocycles. The first-order chi connectivity index (χ1) is 19.3. The van der Waals surface area contributed by atoms with Crippen LogP contribution in [0.15, 0.2) is 211 Å². The zero-order valence-electron chi connectivity index (χ0n) is 21.5. The molecule has 0 saturated carbocycles. The van der Waals surface area contributed by atoms with E-state index in [1.54, 1.807) is 0 Å². The maximum Gasteiger partial charge on any atom is 0.0227 e. The highest BCUT2D eigenvalue weighted by Gasteiger charge is 2.43. The first-order valence-electron chi connectivity index (χ1n) is 13.0. The van der Waals surface area contributed by atoms with E-state index in [-0.39, 0.29) is 0 Å². The van der Waals surface area contributed by atoms with Crippen LogP contribution in [0.1, 0.15) is 0 Å². The van der Waals surface area contributed by atoms with Crippen molar-refractivity contribution in [1.82, 2.24) is 0 Å². The molecule has 39 heavy (non-hydrogen) atoms. The van der Waals surface area contributed by atoms with Crippen LogP contribution in [0, 0.1) is 0 Å². The largest absolute Gasteiger partial charge is 0.264 e. The third-order valence-corrected chi connectivity index (χ3v) is 13.9. The molecule has 0 fully saturated rings. The minimum absolute atomic E-state index is 1.17. The van der Waals surface area contributed by atoms with Crippen molar-refractivity contribution in [2.45, 2.75) is 29.4 Å². The van der Waals surface area contributed by atoms with Crippen LogP contribution in [-0.4, -0.2) is 0 Å². The highest BCUT2D eigenvalue weighted by molar-refractivity contribution is 8.42. The van der Waals surface area contributed by atoms with Crippen LogP contribution in [0.2, 0.25) is 0 Å². The van der Waals surface area contributed by atoms with Gasteiger partial charge in [0.1, 0.15) is 0 Å². The molecule has 0 heterocycles. The first-order valence-corrected chi connectivity index (χ1v) is 16.1. The average molecular weight is 543 g/mol. The van der Waals surface area contributed by atoms with Crippen LogP contribution >= 0.6 is 20.6 Å². The molecule has 0 bridgehead atoms. The van der Waals surface area contributed by atoms with Crippen molar-refractivity contribution in [2.75, 3.05) is 0 Å². The topological polar surface area (TPSA) is 9.23 Å². The summed E-state index contributed by atoms with van der Waals surface area (Å²) in [7, 11) is -4.40. The van der Waals surface area contributed by atoms with E-state index in [0.29, 0.717) is 0 Å². The molecule has 6 aromatic rings. The van der Waals surface area contributed by atoms with Gasteiger partial charge >= 0.3 is 0 Å². The second kappa shape index (κ2) is 11.4. The summed E-state index contributed by atoms with van der Waals surface area (Å²) in [6.07, 6.45) is 0. The van der Waals surface area contributed by atoms with Gasteiger partial charge in [-0.3, -0.25) is 3.63 Å². The van der Waals surface area contributed by atoms with Crippen LogP contribution in [0.5, 0.6) is 0 Å². The van der Waals surface area contributed by atoms with Crippen LogP contribution in [0.3, 0.4) is 0 Å². The standard InChI is InChI=1S/C36H30OS2/c1-7-19-31(20-8-1)38(32-21-9-2-10-22-32,33-23-11-3-12-24-33)37-39(34-25-13-4-14-26-34,35-27-15-5-16-28-35)36-29-17-6-18-30-36/h1-30H. The Labute approximate surface area is 234 Å². The van der Waals surface area contributed by atoms with Gasteiger partial charge < -0.3 is 0 Å². The SMILES string of the molecule is c1ccc(S(OS(c2ccccc2)(c2ccccc2)c2ccccc2)(c2ccccc2)c2ccccc2)cc1. The summed E-state index contributed by atoms with van der Waals surface area (Å²) in [4.78, 5) is 7.01. The molecule has 0 spiro atoms. The molecular formula is C36H30OS2. The Bertz CT molecular complexity index is 1270. The number of hydrogen-bond acceptors (Lipinski definition) is 1. The smallest absolute Gasteiger partial charge is 0.0227 e. The van der Waals surface area contributed by atoms with Crippen molar-refractivity contribution in [1.29, 1.82) is 0 Å². The molecule has 3 heteroatoms. The summed E-state index contributed by atoms with van der Waals surface area (Å²) in [5.74, 6) is 0. The highest BCUT2D eigenvalue weighted by atomic mass is 32.3. The van der Waals surface area contributed by atoms with Gasteiger partial charge in [-0.05, 0) is 93.4 Å². The van der Waals surface area contributed by atoms with Gasteiger partial charge in [-0.25, -0.2) is 0 Å². The van der Waals surface area contributed by atoms with Crippen LogP contribution in [0.4, 0.5) is 0 Å². The molecular weight excluding hydrogens is 513 g/mol. The van der Waals surface area contributed by atoms with Gasteiger partial charge in [0.25, 0.3) is 0 Å². The lowest BCUT2D eigenvalue weighted by Crippen LogP contribution is -2.14. The van der Waals surface area contributed by atoms with Gasteiger partial charge in [0, 0.05) is 29.4 Å². The maximum absolute atomic E-state index is 8.11. The lowest BCUT2D eigenvalue weighted by atomic mass is 10.4. The molecule has 0 unspecified atom stereocenters. The van der Waals surface area contributed by atoms with Crippen molar-refractivity contribution in [2.24, 2.45) is 0 Å². The molecule has 0 N–H and O–H groups in total. The monoisotopic (exact) mass is 542 g/mol. The third kappa shape index (κ3) is 4.70. The zero-order valence-corrected chi connectivity index (χ0v) is 23.2. The fraction of sp³-hybridized carbons (Fsp3) is 0. The maximum atomic E-state index is 8.11. The first kappa shape index (κ1) is 25.3. The Kier molecular flexibility index (Phi) is 7.38. The summed E-state index contributed by atoms with van der Waals surface area (Å²) in [5, 5.41) is 0. The van der Waals surface area contributed by atoms with E-state index in [9.17, 15) is 0 Å². The van der Waals surface area contributed by atoms with Crippen LogP contribution < -0.4 is 0 Å². The summed E-state index contributed by atoms with van der Waals surface area (Å²) >= 11 is 0. The lowest BCUT2D eigenvalue weighted by Gasteiger charge is -2.51. The van der Waals surface area contributed by atoms with Crippen molar-refractivity contribution in [3.05, 3.63) is 182 Å². The average Bonchev–Trinajstić information content (AvgIpc) is 3.04. The van der Waals surface area contributed by atoms with Crippen molar-refractivity contribution in [3.63, 3.8) is 0 Å². The van der Waals surface area contributed by atoms with Crippen molar-refractivity contribution >= 4 is 20.6 Å². The van der Waals surface area contributed by atoms with Gasteiger partial charge in [0.2, 0.25) is 0 Å². The summed E-state index contributed by atoms with van der Waals surface area (Å²) in [6.45, 7) is 0. The quantitative estimate of drug-likeness (QED) is 0.186. The predicted octanol–water partition coefficient (Wildman–Crippen LogP) is 10.8. The second-order valence-corrected chi connectivity index (χ2v) is 14.7. The third-order valence-electron chi connectivity index (χ3n) is 6.65. The van der Waals surface area contributed by atoms with E-state index in [1.165, 1.54) is 29.4 Å². The Morgan fingerprint density at radius 1 is 0.231 bits per heavy atom. The minimum Gasteiger partial charge on any atom is -0.264 e. The van der Waals surface area contributed by atoms with Gasteiger partial charge in [-0.2, -0.15) is 0 Å². The molecule has 0 saturated heterocycles. The molecule has 1 nitrogen and oxygen atoms in total. The normalized spacial score (nSPS) is 12.5. The molecule has 0 aliphatic heterocycles. The van der Waals surface area contributed by atoms with Gasteiger partial charge in [-0.1, -0.05) is 109 Å². The van der Waals surface area contributed by atoms with E-state index in [1.807, 2.05) is 0 Å². The minimum atomic E-state index is -2.20. The van der Waals surface area contributed by atoms with E-state index >= 15 is 0 Å². The second-order valence-electron chi connectivity index (χ2n) is 9.06. The zero-order chi connectivity index (χ0) is 26.4. The number of benzene rings is 6. The lowest BCUT2D eigenvalue weighted by molar-refractivity contribution is 0.672. The molecule has 0 radical (unpaired) electrons. The Morgan fingerprint density at radius 2 is 0.385 bits per heavy atom. The molecule has 0 aliphatic carbocycles. The summed E-state index contributed by atoms with van der Waals surface area (Å²) < 4.78 is 8.11. The van der Waals surface area contributed by atoms with Crippen molar-refractivity contribution in [3.8, 4) is 0 Å². The van der Waals surface area contributed by atoms with E-state index in [0.717, 1.165) is 0 Å². The molecule has 0 amide bonds. The van der Waals surface area contributed by atoms with Crippen molar-refractivity contribution < 1.29 is 3.63 Å². The fourth-order valence-corrected chi connectivity index (χ4v) is 12.9. The Morgan fingerprint density at radius 3 is 0.538 bits per heavy atom. The molecule has 6 rings (SSSR count). The van der Waals surface area contributed by atoms with E-state index in [2.05, 4.69) is 182 Å². The molecule has 0 aliphatic rings. The van der Waals surface area contributed by atoms with Gasteiger partial charge in [0.15, 0.2) is 0 Å². The van der Waals surface area contributed by atoms with E-state index < -0.39 is 20.6 Å². The Hall–Kier alpha value is -4.02. The molecule has 192 valence electrons. The number of hydrogen-bond donors (Lipinski definition) is 0. The van der Waals surface area contributed by atoms with Crippen LogP contribution in [0.25, 0.3) is 0 Å². The molecule has 0 atom stereocenters. The van der Waals surface area contributed by atoms with Gasteiger partial charge in [0.05, 0.1) is 0 Å². The molecule has 6 aromatic carbocycles. The number of rotatable bonds is 8. The predicted molar refractivity (Wildman–Crippen MR) is 165 cm³/mol. The van der Waals surface area contributed by atoms with Gasteiger partial charge in [-0.15, -0.1) is 0 Å². The summed E-state index contributed by atoms with van der Waals surface area (Å²) in [5.41, 5.74) is 0. The fourth-order valence-electron chi connectivity index (χ4n) is 4.88. The van der Waals surface area contributed by atoms with E-state index in [4.69, 9.17) is 3.63 Å². The summed E-state index contributed by atoms with van der Waals surface area (Å²) in [6, 6.07) is 64.6. The highest BCUT2D eigenvalue weighted by Crippen LogP contribution is 2.82. The Balaban J connectivity index is 1.76.